The predicted molar refractivity (Wildman–Crippen MR) is 97.7 cm³/mol. The second-order valence-corrected chi connectivity index (χ2v) is 5.19. The van der Waals surface area contributed by atoms with Gasteiger partial charge in [0.15, 0.2) is 0 Å². The van der Waals surface area contributed by atoms with Gasteiger partial charge in [0.25, 0.3) is 0 Å². The van der Waals surface area contributed by atoms with Crippen LogP contribution in [0, 0.1) is 23.7 Å². The summed E-state index contributed by atoms with van der Waals surface area (Å²) in [6.45, 7) is 2.23. The molecule has 0 aromatic carbocycles. The Morgan fingerprint density at radius 3 is 2.52 bits per heavy atom. The van der Waals surface area contributed by atoms with Crippen molar-refractivity contribution in [3.63, 3.8) is 0 Å². The minimum Gasteiger partial charge on any atom is -0.469 e. The lowest BCUT2D eigenvalue weighted by Crippen LogP contribution is -1.98. The summed E-state index contributed by atoms with van der Waals surface area (Å²) in [7, 11) is 1.40. The summed E-state index contributed by atoms with van der Waals surface area (Å²) in [5.41, 5.74) is 0. The highest BCUT2D eigenvalue weighted by Gasteiger charge is 1.96. The normalized spacial score (nSPS) is 10.2. The average molecular weight is 314 g/mol. The molecule has 0 radical (unpaired) electrons. The van der Waals surface area contributed by atoms with E-state index < -0.39 is 0 Å². The van der Waals surface area contributed by atoms with E-state index in [0.717, 1.165) is 25.7 Å². The Hall–Kier alpha value is -1.93. The Labute approximate surface area is 142 Å². The number of esters is 1. The standard InChI is InChI=1S/C21H30O2/c1-3-4-5-6-7-8-9-10-11-12-13-14-15-16-17-18-19-20-21(22)23-2/h7-8,10-11H,3-6,9,12,15,18-20H2,1-2H3/b8-7-,11-10-. The van der Waals surface area contributed by atoms with Crippen molar-refractivity contribution in [3.8, 4) is 23.7 Å². The van der Waals surface area contributed by atoms with E-state index in [1.54, 1.807) is 0 Å². The second kappa shape index (κ2) is 18.1. The molecule has 23 heavy (non-hydrogen) atoms. The summed E-state index contributed by atoms with van der Waals surface area (Å²) in [6, 6.07) is 0. The fraction of sp³-hybridized carbons (Fsp3) is 0.571. The molecule has 0 unspecified atom stereocenters. The molecule has 0 N–H and O–H groups in total. The molecule has 2 nitrogen and oxygen atoms in total. The van der Waals surface area contributed by atoms with Gasteiger partial charge in [-0.25, -0.2) is 0 Å². The van der Waals surface area contributed by atoms with Crippen molar-refractivity contribution in [2.24, 2.45) is 0 Å². The molecule has 0 aromatic rings. The molecule has 0 rings (SSSR count). The van der Waals surface area contributed by atoms with Gasteiger partial charge in [0.2, 0.25) is 0 Å². The van der Waals surface area contributed by atoms with Crippen molar-refractivity contribution in [2.45, 2.75) is 71.1 Å². The number of carbonyl (C=O) groups excluding carboxylic acids is 1. The minimum atomic E-state index is -0.172. The molecular formula is C21H30O2. The molecule has 0 aliphatic carbocycles. The van der Waals surface area contributed by atoms with Crippen LogP contribution >= 0.6 is 0 Å². The van der Waals surface area contributed by atoms with Gasteiger partial charge in [-0.2, -0.15) is 0 Å². The average Bonchev–Trinajstić information content (AvgIpc) is 2.57. The topological polar surface area (TPSA) is 26.3 Å². The first-order valence-electron chi connectivity index (χ1n) is 8.59. The van der Waals surface area contributed by atoms with Crippen LogP contribution in [-0.2, 0) is 9.53 Å². The Kier molecular flexibility index (Phi) is 16.6. The molecule has 0 fully saturated rings. The Bertz CT molecular complexity index is 464. The van der Waals surface area contributed by atoms with E-state index in [2.05, 4.69) is 59.6 Å². The maximum atomic E-state index is 10.9. The van der Waals surface area contributed by atoms with E-state index in [1.807, 2.05) is 0 Å². The van der Waals surface area contributed by atoms with E-state index in [0.29, 0.717) is 12.8 Å². The van der Waals surface area contributed by atoms with Crippen LogP contribution < -0.4 is 0 Å². The van der Waals surface area contributed by atoms with Crippen LogP contribution in [0.2, 0.25) is 0 Å². The number of methoxy groups -OCH3 is 1. The highest BCUT2D eigenvalue weighted by atomic mass is 16.5. The van der Waals surface area contributed by atoms with E-state index in [4.69, 9.17) is 0 Å². The molecule has 2 heteroatoms. The summed E-state index contributed by atoms with van der Waals surface area (Å²) in [4.78, 5) is 10.9. The van der Waals surface area contributed by atoms with Crippen molar-refractivity contribution in [1.29, 1.82) is 0 Å². The summed E-state index contributed by atoms with van der Waals surface area (Å²) in [5.74, 6) is 12.0. The maximum Gasteiger partial charge on any atom is 0.305 e. The van der Waals surface area contributed by atoms with Crippen LogP contribution in [-0.4, -0.2) is 13.1 Å². The molecule has 0 aliphatic rings. The van der Waals surface area contributed by atoms with Gasteiger partial charge >= 0.3 is 5.97 Å². The monoisotopic (exact) mass is 314 g/mol. The SMILES string of the molecule is CCCCC/C=C\C/C=C\CC#CCC#CCCCC(=O)OC. The van der Waals surface area contributed by atoms with Gasteiger partial charge in [0.1, 0.15) is 0 Å². The number of rotatable bonds is 10. The third kappa shape index (κ3) is 18.0. The number of hydrogen-bond donors (Lipinski definition) is 0. The van der Waals surface area contributed by atoms with Gasteiger partial charge in [-0.3, -0.25) is 4.79 Å². The predicted octanol–water partition coefficient (Wildman–Crippen LogP) is 5.20. The van der Waals surface area contributed by atoms with Crippen molar-refractivity contribution < 1.29 is 9.53 Å². The number of unbranched alkanes of at least 4 members (excludes halogenated alkanes) is 4. The zero-order valence-electron chi connectivity index (χ0n) is 14.7. The van der Waals surface area contributed by atoms with E-state index >= 15 is 0 Å². The first-order chi connectivity index (χ1) is 11.3. The number of ether oxygens (including phenoxy) is 1. The zero-order valence-corrected chi connectivity index (χ0v) is 14.7. The van der Waals surface area contributed by atoms with Gasteiger partial charge in [0.05, 0.1) is 13.5 Å². The van der Waals surface area contributed by atoms with Gasteiger partial charge in [-0.05, 0) is 25.7 Å². The van der Waals surface area contributed by atoms with E-state index in [9.17, 15) is 4.79 Å². The number of allylic oxidation sites excluding steroid dienone is 4. The van der Waals surface area contributed by atoms with Gasteiger partial charge in [0, 0.05) is 19.3 Å². The van der Waals surface area contributed by atoms with Crippen LogP contribution in [0.4, 0.5) is 0 Å². The van der Waals surface area contributed by atoms with E-state index in [-0.39, 0.29) is 5.97 Å². The lowest BCUT2D eigenvalue weighted by Gasteiger charge is -1.93. The van der Waals surface area contributed by atoms with Gasteiger partial charge < -0.3 is 4.74 Å². The molecular weight excluding hydrogens is 284 g/mol. The molecule has 126 valence electrons. The maximum absolute atomic E-state index is 10.9. The minimum absolute atomic E-state index is 0.172. The fourth-order valence-corrected chi connectivity index (χ4v) is 1.80. The smallest absolute Gasteiger partial charge is 0.305 e. The van der Waals surface area contributed by atoms with Crippen molar-refractivity contribution in [2.75, 3.05) is 7.11 Å². The largest absolute Gasteiger partial charge is 0.469 e. The van der Waals surface area contributed by atoms with E-state index in [1.165, 1.54) is 32.8 Å². The Morgan fingerprint density at radius 2 is 1.74 bits per heavy atom. The lowest BCUT2D eigenvalue weighted by molar-refractivity contribution is -0.140. The molecule has 0 amide bonds. The fourth-order valence-electron chi connectivity index (χ4n) is 1.80. The van der Waals surface area contributed by atoms with Crippen molar-refractivity contribution >= 4 is 5.97 Å². The molecule has 0 spiro atoms. The highest BCUT2D eigenvalue weighted by Crippen LogP contribution is 2.00. The number of carbonyl (C=O) groups is 1. The first kappa shape index (κ1) is 21.1. The molecule has 0 aromatic heterocycles. The molecule has 0 atom stereocenters. The van der Waals surface area contributed by atoms with Crippen LogP contribution in [0.3, 0.4) is 0 Å². The number of hydrogen-bond acceptors (Lipinski definition) is 2. The summed E-state index contributed by atoms with van der Waals surface area (Å²) in [5, 5.41) is 0. The van der Waals surface area contributed by atoms with Gasteiger partial charge in [-0.1, -0.05) is 61.8 Å². The van der Waals surface area contributed by atoms with Crippen LogP contribution in [0.5, 0.6) is 0 Å². The first-order valence-corrected chi connectivity index (χ1v) is 8.59. The third-order valence-corrected chi connectivity index (χ3v) is 3.14. The van der Waals surface area contributed by atoms with Crippen LogP contribution in [0.1, 0.15) is 71.1 Å². The zero-order chi connectivity index (χ0) is 17.0. The molecule has 0 aliphatic heterocycles. The van der Waals surface area contributed by atoms with Crippen LogP contribution in [0.25, 0.3) is 0 Å². The highest BCUT2D eigenvalue weighted by molar-refractivity contribution is 5.69. The lowest BCUT2D eigenvalue weighted by atomic mass is 10.2. The van der Waals surface area contributed by atoms with Gasteiger partial charge in [-0.15, -0.1) is 5.92 Å². The molecule has 0 saturated carbocycles. The summed E-state index contributed by atoms with van der Waals surface area (Å²) < 4.78 is 4.56. The van der Waals surface area contributed by atoms with Crippen molar-refractivity contribution in [3.05, 3.63) is 24.3 Å². The van der Waals surface area contributed by atoms with Crippen molar-refractivity contribution in [1.82, 2.24) is 0 Å². The quantitative estimate of drug-likeness (QED) is 0.240. The molecule has 0 bridgehead atoms. The third-order valence-electron chi connectivity index (χ3n) is 3.14. The molecule has 0 saturated heterocycles. The Balaban J connectivity index is 3.51. The Morgan fingerprint density at radius 1 is 0.957 bits per heavy atom. The molecule has 0 heterocycles. The van der Waals surface area contributed by atoms with Crippen LogP contribution in [0.15, 0.2) is 24.3 Å². The second-order valence-electron chi connectivity index (χ2n) is 5.19. The summed E-state index contributed by atoms with van der Waals surface area (Å²) >= 11 is 0. The summed E-state index contributed by atoms with van der Waals surface area (Å²) in [6.07, 6.45) is 18.1.